The van der Waals surface area contributed by atoms with E-state index in [-0.39, 0.29) is 11.9 Å². The first-order valence-corrected chi connectivity index (χ1v) is 5.79. The largest absolute Gasteiger partial charge is 0.350 e. The molecule has 2 heterocycles. The van der Waals surface area contributed by atoms with Crippen LogP contribution in [0.3, 0.4) is 0 Å². The van der Waals surface area contributed by atoms with E-state index in [2.05, 4.69) is 4.98 Å². The molecule has 0 aromatic carbocycles. The number of pyridine rings is 1. The first-order valence-electron chi connectivity index (χ1n) is 5.26. The van der Waals surface area contributed by atoms with Crippen LogP contribution >= 0.6 is 11.6 Å². The van der Waals surface area contributed by atoms with E-state index < -0.39 is 0 Å². The molecule has 0 bridgehead atoms. The quantitative estimate of drug-likeness (QED) is 0.724. The number of rotatable bonds is 2. The minimum atomic E-state index is -0.255. The summed E-state index contributed by atoms with van der Waals surface area (Å²) in [6.07, 6.45) is 4.91. The standard InChI is InChI=1S/C11H14ClFN2/c12-8-9-4-1-2-7-15(9)11-10(13)5-3-6-14-11/h3,5-6,9H,1-2,4,7-8H2. The van der Waals surface area contributed by atoms with Gasteiger partial charge in [-0.2, -0.15) is 0 Å². The topological polar surface area (TPSA) is 16.1 Å². The van der Waals surface area contributed by atoms with E-state index in [4.69, 9.17) is 11.6 Å². The molecule has 4 heteroatoms. The number of piperidine rings is 1. The monoisotopic (exact) mass is 228 g/mol. The van der Waals surface area contributed by atoms with Gasteiger partial charge in [-0.15, -0.1) is 11.6 Å². The van der Waals surface area contributed by atoms with Crippen molar-refractivity contribution in [2.75, 3.05) is 17.3 Å². The van der Waals surface area contributed by atoms with Crippen LogP contribution in [0.25, 0.3) is 0 Å². The molecule has 1 aromatic rings. The molecule has 0 saturated carbocycles. The third-order valence-electron chi connectivity index (χ3n) is 2.82. The Labute approximate surface area is 94.1 Å². The zero-order valence-electron chi connectivity index (χ0n) is 8.50. The lowest BCUT2D eigenvalue weighted by molar-refractivity contribution is 0.474. The van der Waals surface area contributed by atoms with Gasteiger partial charge in [0.25, 0.3) is 0 Å². The SMILES string of the molecule is Fc1cccnc1N1CCCCC1CCl. The Balaban J connectivity index is 2.24. The molecule has 1 aromatic heterocycles. The third-order valence-corrected chi connectivity index (χ3v) is 3.17. The zero-order valence-corrected chi connectivity index (χ0v) is 9.25. The highest BCUT2D eigenvalue weighted by atomic mass is 35.5. The molecule has 1 fully saturated rings. The van der Waals surface area contributed by atoms with Crippen molar-refractivity contribution in [2.45, 2.75) is 25.3 Å². The van der Waals surface area contributed by atoms with Crippen LogP contribution in [-0.4, -0.2) is 23.5 Å². The number of hydrogen-bond acceptors (Lipinski definition) is 2. The molecule has 1 aliphatic rings. The van der Waals surface area contributed by atoms with Crippen molar-refractivity contribution >= 4 is 17.4 Å². The fourth-order valence-corrected chi connectivity index (χ4v) is 2.35. The lowest BCUT2D eigenvalue weighted by Gasteiger charge is -2.35. The van der Waals surface area contributed by atoms with Gasteiger partial charge in [0.15, 0.2) is 11.6 Å². The zero-order chi connectivity index (χ0) is 10.7. The first kappa shape index (κ1) is 10.7. The number of aromatic nitrogens is 1. The number of alkyl halides is 1. The number of nitrogens with zero attached hydrogens (tertiary/aromatic N) is 2. The van der Waals surface area contributed by atoms with Gasteiger partial charge in [-0.05, 0) is 31.4 Å². The number of hydrogen-bond donors (Lipinski definition) is 0. The van der Waals surface area contributed by atoms with Crippen molar-refractivity contribution < 1.29 is 4.39 Å². The highest BCUT2D eigenvalue weighted by Gasteiger charge is 2.24. The second-order valence-electron chi connectivity index (χ2n) is 3.81. The van der Waals surface area contributed by atoms with Gasteiger partial charge in [0, 0.05) is 24.7 Å². The van der Waals surface area contributed by atoms with E-state index in [1.807, 2.05) is 4.90 Å². The van der Waals surface area contributed by atoms with Crippen LogP contribution in [0.1, 0.15) is 19.3 Å². The molecule has 0 aliphatic carbocycles. The Morgan fingerprint density at radius 2 is 2.40 bits per heavy atom. The minimum Gasteiger partial charge on any atom is -0.350 e. The van der Waals surface area contributed by atoms with Crippen molar-refractivity contribution in [3.05, 3.63) is 24.1 Å². The van der Waals surface area contributed by atoms with Crippen LogP contribution in [0.15, 0.2) is 18.3 Å². The fourth-order valence-electron chi connectivity index (χ4n) is 2.03. The molecule has 1 aliphatic heterocycles. The predicted octanol–water partition coefficient (Wildman–Crippen LogP) is 2.82. The van der Waals surface area contributed by atoms with Gasteiger partial charge in [0.2, 0.25) is 0 Å². The van der Waals surface area contributed by atoms with Gasteiger partial charge in [-0.3, -0.25) is 0 Å². The van der Waals surface area contributed by atoms with Crippen LogP contribution < -0.4 is 4.90 Å². The summed E-state index contributed by atoms with van der Waals surface area (Å²) in [5.41, 5.74) is 0. The molecule has 15 heavy (non-hydrogen) atoms. The Morgan fingerprint density at radius 1 is 1.53 bits per heavy atom. The van der Waals surface area contributed by atoms with Crippen LogP contribution in [0.5, 0.6) is 0 Å². The van der Waals surface area contributed by atoms with Crippen LogP contribution in [0.2, 0.25) is 0 Å². The summed E-state index contributed by atoms with van der Waals surface area (Å²) in [6, 6.07) is 3.28. The Bertz CT molecular complexity index is 332. The van der Waals surface area contributed by atoms with E-state index in [1.54, 1.807) is 12.3 Å². The van der Waals surface area contributed by atoms with E-state index in [9.17, 15) is 4.39 Å². The summed E-state index contributed by atoms with van der Waals surface area (Å²) in [5.74, 6) is 0.730. The second kappa shape index (κ2) is 4.79. The molecule has 82 valence electrons. The number of halogens is 2. The molecule has 0 spiro atoms. The summed E-state index contributed by atoms with van der Waals surface area (Å²) in [6.45, 7) is 0.852. The van der Waals surface area contributed by atoms with Gasteiger partial charge >= 0.3 is 0 Å². The second-order valence-corrected chi connectivity index (χ2v) is 4.11. The van der Waals surface area contributed by atoms with E-state index >= 15 is 0 Å². The number of anilines is 1. The Morgan fingerprint density at radius 3 is 3.13 bits per heavy atom. The van der Waals surface area contributed by atoms with Crippen molar-refractivity contribution in [1.29, 1.82) is 0 Å². The Hall–Kier alpha value is -0.830. The van der Waals surface area contributed by atoms with Crippen molar-refractivity contribution in [3.63, 3.8) is 0 Å². The molecular weight excluding hydrogens is 215 g/mol. The first-order chi connectivity index (χ1) is 7.33. The Kier molecular flexibility index (Phi) is 3.41. The van der Waals surface area contributed by atoms with Gasteiger partial charge < -0.3 is 4.90 Å². The summed E-state index contributed by atoms with van der Waals surface area (Å²) in [7, 11) is 0. The smallest absolute Gasteiger partial charge is 0.165 e. The summed E-state index contributed by atoms with van der Waals surface area (Å²) in [4.78, 5) is 6.08. The maximum atomic E-state index is 13.5. The fraction of sp³-hybridized carbons (Fsp3) is 0.545. The summed E-state index contributed by atoms with van der Waals surface area (Å²) >= 11 is 5.89. The minimum absolute atomic E-state index is 0.227. The van der Waals surface area contributed by atoms with Crippen LogP contribution in [0.4, 0.5) is 10.2 Å². The molecule has 1 saturated heterocycles. The lowest BCUT2D eigenvalue weighted by atomic mass is 10.0. The molecule has 0 N–H and O–H groups in total. The third kappa shape index (κ3) is 2.23. The molecule has 0 amide bonds. The molecule has 1 atom stereocenters. The lowest BCUT2D eigenvalue weighted by Crippen LogP contribution is -2.41. The van der Waals surface area contributed by atoms with Crippen LogP contribution in [-0.2, 0) is 0 Å². The van der Waals surface area contributed by atoms with Gasteiger partial charge in [-0.25, -0.2) is 9.37 Å². The summed E-state index contributed by atoms with van der Waals surface area (Å²) < 4.78 is 13.5. The maximum absolute atomic E-state index is 13.5. The summed E-state index contributed by atoms with van der Waals surface area (Å²) in [5, 5.41) is 0. The normalized spacial score (nSPS) is 21.7. The van der Waals surface area contributed by atoms with Crippen molar-refractivity contribution in [3.8, 4) is 0 Å². The predicted molar refractivity (Wildman–Crippen MR) is 59.9 cm³/mol. The molecular formula is C11H14ClFN2. The molecule has 2 rings (SSSR count). The van der Waals surface area contributed by atoms with E-state index in [0.29, 0.717) is 11.7 Å². The molecule has 0 radical (unpaired) electrons. The van der Waals surface area contributed by atoms with Gasteiger partial charge in [0.1, 0.15) is 0 Å². The van der Waals surface area contributed by atoms with Gasteiger partial charge in [0.05, 0.1) is 0 Å². The van der Waals surface area contributed by atoms with E-state index in [0.717, 1.165) is 19.4 Å². The van der Waals surface area contributed by atoms with E-state index in [1.165, 1.54) is 12.5 Å². The van der Waals surface area contributed by atoms with Crippen molar-refractivity contribution in [2.24, 2.45) is 0 Å². The highest BCUT2D eigenvalue weighted by molar-refractivity contribution is 6.18. The average Bonchev–Trinajstić information content (AvgIpc) is 2.30. The molecule has 2 nitrogen and oxygen atoms in total. The average molecular weight is 229 g/mol. The van der Waals surface area contributed by atoms with Crippen molar-refractivity contribution in [1.82, 2.24) is 4.98 Å². The molecule has 1 unspecified atom stereocenters. The van der Waals surface area contributed by atoms with Gasteiger partial charge in [-0.1, -0.05) is 0 Å². The highest BCUT2D eigenvalue weighted by Crippen LogP contribution is 2.25. The maximum Gasteiger partial charge on any atom is 0.165 e. The van der Waals surface area contributed by atoms with Crippen LogP contribution in [0, 0.1) is 5.82 Å².